The standard InChI is InChI=1S/C16H23N3O3S/c20-16(18-14-7-9-23(21,22)12-14)17-10-13-6-8-19(11-13)15-4-2-1-3-5-15/h1-5,13-14H,6-12H2,(H2,17,18,20)/t13-,14+/m0/s1. The maximum absolute atomic E-state index is 11.9. The van der Waals surface area contributed by atoms with E-state index in [1.165, 1.54) is 5.69 Å². The molecule has 1 aromatic carbocycles. The summed E-state index contributed by atoms with van der Waals surface area (Å²) in [4.78, 5) is 14.2. The summed E-state index contributed by atoms with van der Waals surface area (Å²) in [5.74, 6) is 0.659. The second-order valence-electron chi connectivity index (χ2n) is 6.39. The van der Waals surface area contributed by atoms with Crippen LogP contribution in [0.2, 0.25) is 0 Å². The van der Waals surface area contributed by atoms with Gasteiger partial charge in [-0.1, -0.05) is 18.2 Å². The lowest BCUT2D eigenvalue weighted by molar-refractivity contribution is 0.236. The number of nitrogens with zero attached hydrogens (tertiary/aromatic N) is 1. The van der Waals surface area contributed by atoms with Crippen LogP contribution >= 0.6 is 0 Å². The summed E-state index contributed by atoms with van der Waals surface area (Å²) in [5, 5.41) is 5.64. The first-order valence-electron chi connectivity index (χ1n) is 8.07. The summed E-state index contributed by atoms with van der Waals surface area (Å²) in [6.07, 6.45) is 1.56. The van der Waals surface area contributed by atoms with Crippen molar-refractivity contribution in [3.63, 3.8) is 0 Å². The van der Waals surface area contributed by atoms with E-state index in [0.717, 1.165) is 19.5 Å². The van der Waals surface area contributed by atoms with Crippen molar-refractivity contribution in [2.45, 2.75) is 18.9 Å². The highest BCUT2D eigenvalue weighted by Crippen LogP contribution is 2.22. The van der Waals surface area contributed by atoms with Crippen LogP contribution in [-0.4, -0.2) is 51.6 Å². The first kappa shape index (κ1) is 16.1. The summed E-state index contributed by atoms with van der Waals surface area (Å²) in [6.45, 7) is 2.55. The SMILES string of the molecule is O=C(NC[C@@H]1CCN(c2ccccc2)C1)N[C@@H]1CCS(=O)(=O)C1. The first-order valence-corrected chi connectivity index (χ1v) is 9.89. The Balaban J connectivity index is 1.40. The number of carbonyl (C=O) groups is 1. The predicted octanol–water partition coefficient (Wildman–Crippen LogP) is 0.999. The summed E-state index contributed by atoms with van der Waals surface area (Å²) in [7, 11) is -2.96. The molecule has 2 aliphatic rings. The molecule has 0 radical (unpaired) electrons. The van der Waals surface area contributed by atoms with E-state index in [1.54, 1.807) is 0 Å². The number of hydrogen-bond donors (Lipinski definition) is 2. The van der Waals surface area contributed by atoms with Crippen molar-refractivity contribution in [2.24, 2.45) is 5.92 Å². The normalized spacial score (nSPS) is 26.2. The summed E-state index contributed by atoms with van der Waals surface area (Å²) < 4.78 is 22.8. The highest BCUT2D eigenvalue weighted by molar-refractivity contribution is 7.91. The molecule has 0 spiro atoms. The number of anilines is 1. The average Bonchev–Trinajstić information content (AvgIpc) is 3.13. The fourth-order valence-electron chi connectivity index (χ4n) is 3.25. The van der Waals surface area contributed by atoms with E-state index < -0.39 is 9.84 Å². The summed E-state index contributed by atoms with van der Waals surface area (Å²) >= 11 is 0. The molecule has 0 saturated carbocycles. The van der Waals surface area contributed by atoms with E-state index in [1.807, 2.05) is 18.2 Å². The van der Waals surface area contributed by atoms with Crippen molar-refractivity contribution in [1.29, 1.82) is 0 Å². The van der Waals surface area contributed by atoms with Gasteiger partial charge in [0, 0.05) is 31.4 Å². The van der Waals surface area contributed by atoms with Crippen molar-refractivity contribution in [3.05, 3.63) is 30.3 Å². The second kappa shape index (κ2) is 6.78. The third kappa shape index (κ3) is 4.37. The molecule has 6 nitrogen and oxygen atoms in total. The molecular weight excluding hydrogens is 314 g/mol. The molecule has 1 aromatic rings. The summed E-state index contributed by atoms with van der Waals surface area (Å²) in [6, 6.07) is 9.77. The maximum atomic E-state index is 11.9. The lowest BCUT2D eigenvalue weighted by atomic mass is 10.1. The van der Waals surface area contributed by atoms with Gasteiger partial charge in [0.25, 0.3) is 0 Å². The molecule has 2 atom stereocenters. The van der Waals surface area contributed by atoms with Crippen LogP contribution in [0.4, 0.5) is 10.5 Å². The van der Waals surface area contributed by atoms with Crippen LogP contribution in [0.25, 0.3) is 0 Å². The third-order valence-corrected chi connectivity index (χ3v) is 6.29. The fourth-order valence-corrected chi connectivity index (χ4v) is 4.93. The Morgan fingerprint density at radius 3 is 2.70 bits per heavy atom. The van der Waals surface area contributed by atoms with E-state index in [0.29, 0.717) is 18.9 Å². The van der Waals surface area contributed by atoms with Crippen molar-refractivity contribution >= 4 is 21.6 Å². The van der Waals surface area contributed by atoms with E-state index in [4.69, 9.17) is 0 Å². The van der Waals surface area contributed by atoms with Gasteiger partial charge in [0.1, 0.15) is 0 Å². The molecule has 23 heavy (non-hydrogen) atoms. The Bertz CT molecular complexity index is 648. The molecule has 2 N–H and O–H groups in total. The van der Waals surface area contributed by atoms with Gasteiger partial charge in [-0.15, -0.1) is 0 Å². The van der Waals surface area contributed by atoms with Crippen LogP contribution in [0.5, 0.6) is 0 Å². The van der Waals surface area contributed by atoms with Gasteiger partial charge >= 0.3 is 6.03 Å². The number of urea groups is 1. The topological polar surface area (TPSA) is 78.5 Å². The zero-order valence-electron chi connectivity index (χ0n) is 13.1. The minimum Gasteiger partial charge on any atom is -0.371 e. The van der Waals surface area contributed by atoms with Crippen molar-refractivity contribution < 1.29 is 13.2 Å². The van der Waals surface area contributed by atoms with Gasteiger partial charge in [0.05, 0.1) is 11.5 Å². The number of amides is 2. The number of nitrogens with one attached hydrogen (secondary N) is 2. The van der Waals surface area contributed by atoms with Gasteiger partial charge in [-0.2, -0.15) is 0 Å². The van der Waals surface area contributed by atoms with Crippen LogP contribution in [0, 0.1) is 5.92 Å². The van der Waals surface area contributed by atoms with Crippen molar-refractivity contribution in [3.8, 4) is 0 Å². The van der Waals surface area contributed by atoms with E-state index in [9.17, 15) is 13.2 Å². The molecule has 0 unspecified atom stereocenters. The second-order valence-corrected chi connectivity index (χ2v) is 8.62. The number of rotatable bonds is 4. The fraction of sp³-hybridized carbons (Fsp3) is 0.562. The molecule has 2 amide bonds. The van der Waals surface area contributed by atoms with Crippen molar-refractivity contribution in [1.82, 2.24) is 10.6 Å². The zero-order chi connectivity index (χ0) is 16.3. The molecule has 0 aliphatic carbocycles. The molecule has 3 rings (SSSR count). The molecule has 7 heteroatoms. The van der Waals surface area contributed by atoms with Crippen molar-refractivity contribution in [2.75, 3.05) is 36.0 Å². The molecule has 2 saturated heterocycles. The van der Waals surface area contributed by atoms with Crippen LogP contribution in [0.1, 0.15) is 12.8 Å². The van der Waals surface area contributed by atoms with E-state index in [2.05, 4.69) is 27.7 Å². The largest absolute Gasteiger partial charge is 0.371 e. The monoisotopic (exact) mass is 337 g/mol. The maximum Gasteiger partial charge on any atom is 0.315 e. The molecule has 0 aromatic heterocycles. The minimum atomic E-state index is -2.96. The first-order chi connectivity index (χ1) is 11.0. The number of benzene rings is 1. The van der Waals surface area contributed by atoms with Gasteiger partial charge in [-0.25, -0.2) is 13.2 Å². The number of sulfone groups is 1. The predicted molar refractivity (Wildman–Crippen MR) is 90.4 cm³/mol. The van der Waals surface area contributed by atoms with Crippen LogP contribution in [-0.2, 0) is 9.84 Å². The number of carbonyl (C=O) groups excluding carboxylic acids is 1. The van der Waals surface area contributed by atoms with Gasteiger partial charge in [-0.3, -0.25) is 0 Å². The van der Waals surface area contributed by atoms with Gasteiger partial charge < -0.3 is 15.5 Å². The quantitative estimate of drug-likeness (QED) is 0.859. The Hall–Kier alpha value is -1.76. The Labute approximate surface area is 137 Å². The number of para-hydroxylation sites is 1. The Morgan fingerprint density at radius 2 is 2.00 bits per heavy atom. The molecule has 2 heterocycles. The lowest BCUT2D eigenvalue weighted by Gasteiger charge is -2.19. The molecule has 2 aliphatic heterocycles. The smallest absolute Gasteiger partial charge is 0.315 e. The highest BCUT2D eigenvalue weighted by atomic mass is 32.2. The lowest BCUT2D eigenvalue weighted by Crippen LogP contribution is -2.44. The molecule has 126 valence electrons. The van der Waals surface area contributed by atoms with Crippen LogP contribution < -0.4 is 15.5 Å². The van der Waals surface area contributed by atoms with Crippen LogP contribution in [0.3, 0.4) is 0 Å². The molecule has 0 bridgehead atoms. The van der Waals surface area contributed by atoms with Gasteiger partial charge in [-0.05, 0) is 30.9 Å². The molecule has 2 fully saturated rings. The van der Waals surface area contributed by atoms with Crippen LogP contribution in [0.15, 0.2) is 30.3 Å². The zero-order valence-corrected chi connectivity index (χ0v) is 13.9. The van der Waals surface area contributed by atoms with Gasteiger partial charge in [0.2, 0.25) is 0 Å². The molecular formula is C16H23N3O3S. The highest BCUT2D eigenvalue weighted by Gasteiger charge is 2.29. The van der Waals surface area contributed by atoms with Gasteiger partial charge in [0.15, 0.2) is 9.84 Å². The number of hydrogen-bond acceptors (Lipinski definition) is 4. The minimum absolute atomic E-state index is 0.0611. The van der Waals surface area contributed by atoms with E-state index in [-0.39, 0.29) is 23.6 Å². The third-order valence-electron chi connectivity index (χ3n) is 4.53. The Morgan fingerprint density at radius 1 is 1.22 bits per heavy atom. The summed E-state index contributed by atoms with van der Waals surface area (Å²) in [5.41, 5.74) is 1.22. The average molecular weight is 337 g/mol. The van der Waals surface area contributed by atoms with E-state index >= 15 is 0 Å². The Kier molecular flexibility index (Phi) is 4.75.